The minimum absolute atomic E-state index is 0.0452. The molecule has 0 bridgehead atoms. The van der Waals surface area contributed by atoms with Crippen molar-refractivity contribution in [3.8, 4) is 17.2 Å². The van der Waals surface area contributed by atoms with Crippen molar-refractivity contribution in [2.45, 2.75) is 6.92 Å². The summed E-state index contributed by atoms with van der Waals surface area (Å²) in [4.78, 5) is 26.0. The monoisotopic (exact) mass is 522 g/mol. The number of methoxy groups -OCH3 is 1. The summed E-state index contributed by atoms with van der Waals surface area (Å²) >= 11 is 6.13. The third kappa shape index (κ3) is 6.32. The third-order valence-electron chi connectivity index (χ3n) is 5.34. The minimum atomic E-state index is -0.580. The van der Waals surface area contributed by atoms with E-state index in [1.807, 2.05) is 6.92 Å². The molecule has 0 fully saturated rings. The number of halogens is 2. The van der Waals surface area contributed by atoms with Crippen molar-refractivity contribution in [2.75, 3.05) is 25.6 Å². The van der Waals surface area contributed by atoms with E-state index in [1.54, 1.807) is 55.6 Å². The van der Waals surface area contributed by atoms with E-state index < -0.39 is 11.4 Å². The van der Waals surface area contributed by atoms with Crippen LogP contribution in [0.2, 0.25) is 5.02 Å². The second-order valence-corrected chi connectivity index (χ2v) is 8.46. The Morgan fingerprint density at radius 3 is 2.68 bits per heavy atom. The summed E-state index contributed by atoms with van der Waals surface area (Å²) < 4.78 is 25.9. The number of aromatic nitrogens is 2. The topological polar surface area (TPSA) is 94.5 Å². The maximum absolute atomic E-state index is 13.9. The zero-order chi connectivity index (χ0) is 26.4. The minimum Gasteiger partial charge on any atom is -0.453 e. The predicted octanol–water partition coefficient (Wildman–Crippen LogP) is 5.25. The van der Waals surface area contributed by atoms with Crippen LogP contribution in [0.3, 0.4) is 0 Å². The summed E-state index contributed by atoms with van der Waals surface area (Å²) in [6.45, 7) is 2.57. The van der Waals surface area contributed by atoms with Gasteiger partial charge >= 0.3 is 0 Å². The molecule has 1 aromatic heterocycles. The molecule has 10 heteroatoms. The van der Waals surface area contributed by atoms with Gasteiger partial charge in [0, 0.05) is 29.9 Å². The van der Waals surface area contributed by atoms with E-state index in [1.165, 1.54) is 24.4 Å². The van der Waals surface area contributed by atoms with Gasteiger partial charge in [-0.15, -0.1) is 0 Å². The number of rotatable bonds is 9. The van der Waals surface area contributed by atoms with Crippen molar-refractivity contribution in [3.63, 3.8) is 0 Å². The third-order valence-corrected chi connectivity index (χ3v) is 5.76. The Morgan fingerprint density at radius 2 is 1.92 bits per heavy atom. The molecule has 0 saturated heterocycles. The lowest BCUT2D eigenvalue weighted by Gasteiger charge is -2.15. The predicted molar refractivity (Wildman–Crippen MR) is 140 cm³/mol. The Balaban J connectivity index is 1.73. The van der Waals surface area contributed by atoms with E-state index in [0.29, 0.717) is 35.2 Å². The maximum Gasteiger partial charge on any atom is 0.299 e. The van der Waals surface area contributed by atoms with Crippen LogP contribution in [0, 0.1) is 12.7 Å². The highest BCUT2D eigenvalue weighted by molar-refractivity contribution is 6.31. The lowest BCUT2D eigenvalue weighted by Crippen LogP contribution is -2.27. The number of hydrogen-bond donors (Lipinski definition) is 2. The molecule has 37 heavy (non-hydrogen) atoms. The van der Waals surface area contributed by atoms with E-state index in [4.69, 9.17) is 21.1 Å². The summed E-state index contributed by atoms with van der Waals surface area (Å²) in [6, 6.07) is 17.3. The fourth-order valence-electron chi connectivity index (χ4n) is 3.48. The summed E-state index contributed by atoms with van der Waals surface area (Å²) in [5, 5.41) is 10.6. The van der Waals surface area contributed by atoms with Crippen molar-refractivity contribution >= 4 is 28.9 Å². The fraction of sp³-hybridized carbons (Fsp3) is 0.148. The number of ether oxygens (including phenoxy) is 2. The summed E-state index contributed by atoms with van der Waals surface area (Å²) in [7, 11) is 1.55. The molecular weight excluding hydrogens is 499 g/mol. The standard InChI is InChI=1S/C27H24ClFN4O4/c1-17-13-22(9-10-23(17)28)37-24-16-31-33(21-8-4-6-19(29)15-21)27(35)25(24)32-20-7-3-5-18(14-20)26(34)30-11-12-36-2/h3-10,13-16,32H,11-12H2,1-2H3,(H,30,34). The van der Waals surface area contributed by atoms with Gasteiger partial charge in [-0.05, 0) is 67.1 Å². The molecule has 0 aliphatic rings. The summed E-state index contributed by atoms with van der Waals surface area (Å²) in [5.41, 5.74) is 1.35. The Hall–Kier alpha value is -4.21. The molecule has 0 spiro atoms. The molecule has 2 N–H and O–H groups in total. The van der Waals surface area contributed by atoms with E-state index in [-0.39, 0.29) is 23.0 Å². The molecule has 190 valence electrons. The lowest BCUT2D eigenvalue weighted by molar-refractivity contribution is 0.0937. The summed E-state index contributed by atoms with van der Waals surface area (Å²) in [5.74, 6) is -0.221. The number of hydrogen-bond acceptors (Lipinski definition) is 6. The zero-order valence-corrected chi connectivity index (χ0v) is 20.9. The second kappa shape index (κ2) is 11.7. The van der Waals surface area contributed by atoms with Crippen LogP contribution in [-0.2, 0) is 4.74 Å². The zero-order valence-electron chi connectivity index (χ0n) is 20.1. The van der Waals surface area contributed by atoms with Crippen molar-refractivity contribution in [1.82, 2.24) is 15.1 Å². The molecule has 0 saturated carbocycles. The first kappa shape index (κ1) is 25.9. The van der Waals surface area contributed by atoms with Gasteiger partial charge in [0.15, 0.2) is 11.4 Å². The molecular formula is C27H24ClFN4O4. The quantitative estimate of drug-likeness (QED) is 0.292. The summed E-state index contributed by atoms with van der Waals surface area (Å²) in [6.07, 6.45) is 1.36. The highest BCUT2D eigenvalue weighted by atomic mass is 35.5. The van der Waals surface area contributed by atoms with Crippen LogP contribution >= 0.6 is 11.6 Å². The van der Waals surface area contributed by atoms with E-state index >= 15 is 0 Å². The average Bonchev–Trinajstić information content (AvgIpc) is 2.88. The molecule has 3 aromatic carbocycles. The van der Waals surface area contributed by atoms with Gasteiger partial charge in [0.2, 0.25) is 0 Å². The van der Waals surface area contributed by atoms with Crippen LogP contribution in [0.1, 0.15) is 15.9 Å². The van der Waals surface area contributed by atoms with Crippen LogP contribution in [0.15, 0.2) is 77.7 Å². The second-order valence-electron chi connectivity index (χ2n) is 8.05. The van der Waals surface area contributed by atoms with Gasteiger partial charge in [0.05, 0.1) is 18.5 Å². The first-order valence-corrected chi connectivity index (χ1v) is 11.7. The molecule has 0 aliphatic carbocycles. The van der Waals surface area contributed by atoms with Gasteiger partial charge in [0.25, 0.3) is 11.5 Å². The van der Waals surface area contributed by atoms with Crippen LogP contribution in [0.5, 0.6) is 11.5 Å². The highest BCUT2D eigenvalue weighted by Gasteiger charge is 2.17. The molecule has 1 heterocycles. The average molecular weight is 523 g/mol. The normalized spacial score (nSPS) is 10.7. The van der Waals surface area contributed by atoms with Gasteiger partial charge in [-0.3, -0.25) is 9.59 Å². The molecule has 0 radical (unpaired) electrons. The number of amides is 1. The Kier molecular flexibility index (Phi) is 8.17. The van der Waals surface area contributed by atoms with Crippen molar-refractivity contribution < 1.29 is 18.7 Å². The van der Waals surface area contributed by atoms with Crippen LogP contribution in [-0.4, -0.2) is 35.9 Å². The Bertz CT molecular complexity index is 1490. The first-order valence-electron chi connectivity index (χ1n) is 11.3. The molecule has 8 nitrogen and oxygen atoms in total. The number of anilines is 2. The van der Waals surface area contributed by atoms with Gasteiger partial charge < -0.3 is 20.1 Å². The fourth-order valence-corrected chi connectivity index (χ4v) is 3.60. The molecule has 4 aromatic rings. The number of nitrogens with zero attached hydrogens (tertiary/aromatic N) is 2. The maximum atomic E-state index is 13.9. The van der Waals surface area contributed by atoms with Crippen molar-refractivity contribution in [2.24, 2.45) is 0 Å². The molecule has 4 rings (SSSR count). The number of aryl methyl sites for hydroxylation is 1. The lowest BCUT2D eigenvalue weighted by atomic mass is 10.2. The number of nitrogens with one attached hydrogen (secondary N) is 2. The highest BCUT2D eigenvalue weighted by Crippen LogP contribution is 2.31. The molecule has 0 unspecified atom stereocenters. The number of benzene rings is 3. The van der Waals surface area contributed by atoms with Gasteiger partial charge in [-0.2, -0.15) is 9.78 Å². The van der Waals surface area contributed by atoms with Crippen molar-refractivity contribution in [3.05, 3.63) is 105 Å². The first-order chi connectivity index (χ1) is 17.9. The van der Waals surface area contributed by atoms with Gasteiger partial charge in [-0.25, -0.2) is 4.39 Å². The van der Waals surface area contributed by atoms with Crippen LogP contribution < -0.4 is 20.9 Å². The molecule has 0 aliphatic heterocycles. The molecule has 0 atom stereocenters. The van der Waals surface area contributed by atoms with E-state index in [2.05, 4.69) is 15.7 Å². The number of carbonyl (C=O) groups is 1. The number of carbonyl (C=O) groups excluding carboxylic acids is 1. The molecule has 1 amide bonds. The Morgan fingerprint density at radius 1 is 1.11 bits per heavy atom. The van der Waals surface area contributed by atoms with Gasteiger partial charge in [0.1, 0.15) is 11.6 Å². The Labute approximate surface area is 217 Å². The van der Waals surface area contributed by atoms with E-state index in [9.17, 15) is 14.0 Å². The smallest absolute Gasteiger partial charge is 0.299 e. The van der Waals surface area contributed by atoms with Crippen LogP contribution in [0.25, 0.3) is 5.69 Å². The van der Waals surface area contributed by atoms with Crippen molar-refractivity contribution in [1.29, 1.82) is 0 Å². The van der Waals surface area contributed by atoms with Crippen LogP contribution in [0.4, 0.5) is 15.8 Å². The largest absolute Gasteiger partial charge is 0.453 e. The SMILES string of the molecule is COCCNC(=O)c1cccc(Nc2c(Oc3ccc(Cl)c(C)c3)cnn(-c3cccc(F)c3)c2=O)c1. The van der Waals surface area contributed by atoms with E-state index in [0.717, 1.165) is 10.2 Å². The van der Waals surface area contributed by atoms with Gasteiger partial charge in [-0.1, -0.05) is 23.7 Å².